The van der Waals surface area contributed by atoms with Gasteiger partial charge >= 0.3 is 0 Å². The highest BCUT2D eigenvalue weighted by Crippen LogP contribution is 2.32. The summed E-state index contributed by atoms with van der Waals surface area (Å²) < 4.78 is 7.93. The number of allylic oxidation sites excluding steroid dienone is 1. The van der Waals surface area contributed by atoms with E-state index in [0.717, 1.165) is 41.6 Å². The van der Waals surface area contributed by atoms with Crippen molar-refractivity contribution in [1.82, 2.24) is 14.4 Å². The number of likely N-dealkylation sites (N-methyl/N-ethyl adjacent to an activating group) is 1. The second-order valence-corrected chi connectivity index (χ2v) is 9.20. The largest absolute Gasteiger partial charge is 0.496 e. The first-order valence-electron chi connectivity index (χ1n) is 10.9. The molecule has 1 aliphatic rings. The predicted molar refractivity (Wildman–Crippen MR) is 135 cm³/mol. The molecule has 8 heteroatoms. The highest BCUT2D eigenvalue weighted by molar-refractivity contribution is 9.10. The Morgan fingerprint density at radius 3 is 2.59 bits per heavy atom. The van der Waals surface area contributed by atoms with Crippen molar-refractivity contribution < 1.29 is 9.53 Å². The minimum Gasteiger partial charge on any atom is -0.496 e. The maximum Gasteiger partial charge on any atom is 0.245 e. The summed E-state index contributed by atoms with van der Waals surface area (Å²) in [5, 5.41) is 20.1. The van der Waals surface area contributed by atoms with Crippen LogP contribution in [0.2, 0.25) is 0 Å². The zero-order valence-electron chi connectivity index (χ0n) is 19.1. The van der Waals surface area contributed by atoms with Crippen LogP contribution in [-0.4, -0.2) is 67.2 Å². The van der Waals surface area contributed by atoms with E-state index in [0.29, 0.717) is 34.6 Å². The number of carbonyl (C=O) groups excluding carboxylic acids is 1. The van der Waals surface area contributed by atoms with E-state index in [2.05, 4.69) is 44.9 Å². The molecule has 2 aromatic carbocycles. The number of hydrogen-bond acceptors (Lipinski definition) is 6. The summed E-state index contributed by atoms with van der Waals surface area (Å²) in [7, 11) is 3.63. The predicted octanol–water partition coefficient (Wildman–Crippen LogP) is 4.24. The van der Waals surface area contributed by atoms with Crippen LogP contribution in [0, 0.1) is 22.7 Å². The van der Waals surface area contributed by atoms with Crippen LogP contribution < -0.4 is 4.74 Å². The number of nitrogens with zero attached hydrogens (tertiary/aromatic N) is 5. The summed E-state index contributed by atoms with van der Waals surface area (Å²) in [5.41, 5.74) is 2.86. The van der Waals surface area contributed by atoms with Gasteiger partial charge in [0.25, 0.3) is 0 Å². The molecular formula is C26H24BrN5O2. The monoisotopic (exact) mass is 517 g/mol. The Kier molecular flexibility index (Phi) is 7.14. The van der Waals surface area contributed by atoms with Crippen molar-refractivity contribution in [1.29, 1.82) is 10.5 Å². The first-order valence-corrected chi connectivity index (χ1v) is 11.7. The molecule has 0 N–H and O–H groups in total. The van der Waals surface area contributed by atoms with E-state index in [1.165, 1.54) is 0 Å². The van der Waals surface area contributed by atoms with Crippen LogP contribution in [0.3, 0.4) is 0 Å². The van der Waals surface area contributed by atoms with Gasteiger partial charge in [-0.3, -0.25) is 14.3 Å². The van der Waals surface area contributed by atoms with Gasteiger partial charge in [0.2, 0.25) is 5.91 Å². The highest BCUT2D eigenvalue weighted by atomic mass is 79.9. The van der Waals surface area contributed by atoms with Crippen molar-refractivity contribution >= 4 is 44.4 Å². The summed E-state index contributed by atoms with van der Waals surface area (Å²) in [4.78, 5) is 17.7. The SMILES string of the molecule is COc1ccc(C#N)cc1/C=C(\C#N)c1cn(C(=O)CN2CCN(C)CC2)c2ccc(Br)cc12. The van der Waals surface area contributed by atoms with Gasteiger partial charge in [-0.25, -0.2) is 0 Å². The molecular weight excluding hydrogens is 494 g/mol. The fraction of sp³-hybridized carbons (Fsp3) is 0.269. The average Bonchev–Trinajstić information content (AvgIpc) is 3.22. The number of rotatable bonds is 5. The van der Waals surface area contributed by atoms with Crippen LogP contribution >= 0.6 is 15.9 Å². The number of methoxy groups -OCH3 is 1. The van der Waals surface area contributed by atoms with Crippen LogP contribution in [0.25, 0.3) is 22.6 Å². The first-order chi connectivity index (χ1) is 16.4. The Labute approximate surface area is 207 Å². The maximum absolute atomic E-state index is 13.3. The van der Waals surface area contributed by atoms with Crippen molar-refractivity contribution in [3.05, 3.63) is 63.8 Å². The molecule has 3 aromatic rings. The number of hydrogen-bond donors (Lipinski definition) is 0. The molecule has 0 amide bonds. The minimum absolute atomic E-state index is 0.0375. The molecule has 7 nitrogen and oxygen atoms in total. The van der Waals surface area contributed by atoms with Crippen molar-refractivity contribution in [3.8, 4) is 17.9 Å². The summed E-state index contributed by atoms with van der Waals surface area (Å²) >= 11 is 3.51. The molecule has 0 spiro atoms. The number of halogens is 1. The molecule has 0 atom stereocenters. The topological polar surface area (TPSA) is 85.3 Å². The molecule has 0 saturated carbocycles. The molecule has 0 unspecified atom stereocenters. The molecule has 1 saturated heterocycles. The Hall–Kier alpha value is -3.43. The van der Waals surface area contributed by atoms with E-state index in [4.69, 9.17) is 4.74 Å². The molecule has 2 heterocycles. The standard InChI is InChI=1S/C26H24BrN5O2/c1-30-7-9-31(10-8-30)17-26(33)32-16-23(22-13-21(27)4-5-24(22)32)20(15-29)12-19-11-18(14-28)3-6-25(19)34-2/h3-6,11-13,16H,7-10,17H2,1-2H3/b20-12+. The summed E-state index contributed by atoms with van der Waals surface area (Å²) in [6.45, 7) is 3.87. The summed E-state index contributed by atoms with van der Waals surface area (Å²) in [5.74, 6) is 0.521. The second kappa shape index (κ2) is 10.2. The summed E-state index contributed by atoms with van der Waals surface area (Å²) in [6.07, 6.45) is 3.44. The molecule has 1 aliphatic heterocycles. The van der Waals surface area contributed by atoms with Crippen LogP contribution in [0.15, 0.2) is 47.1 Å². The highest BCUT2D eigenvalue weighted by Gasteiger charge is 2.21. The van der Waals surface area contributed by atoms with Gasteiger partial charge in [0.05, 0.1) is 42.4 Å². The first kappa shape index (κ1) is 23.7. The molecule has 0 aliphatic carbocycles. The number of ether oxygens (including phenoxy) is 1. The molecule has 34 heavy (non-hydrogen) atoms. The maximum atomic E-state index is 13.3. The third kappa shape index (κ3) is 4.90. The van der Waals surface area contributed by atoms with Crippen molar-refractivity contribution in [2.45, 2.75) is 0 Å². The Morgan fingerprint density at radius 1 is 1.15 bits per heavy atom. The lowest BCUT2D eigenvalue weighted by atomic mass is 10.0. The van der Waals surface area contributed by atoms with Crippen molar-refractivity contribution in [2.75, 3.05) is 46.9 Å². The number of piperazine rings is 1. The van der Waals surface area contributed by atoms with Crippen LogP contribution in [0.4, 0.5) is 0 Å². The Balaban J connectivity index is 1.78. The fourth-order valence-electron chi connectivity index (χ4n) is 4.14. The Bertz CT molecular complexity index is 1350. The Morgan fingerprint density at radius 2 is 1.91 bits per heavy atom. The molecule has 172 valence electrons. The van der Waals surface area contributed by atoms with Gasteiger partial charge < -0.3 is 9.64 Å². The van der Waals surface area contributed by atoms with Crippen molar-refractivity contribution in [3.63, 3.8) is 0 Å². The number of nitriles is 2. The van der Waals surface area contributed by atoms with Gasteiger partial charge in [-0.2, -0.15) is 10.5 Å². The second-order valence-electron chi connectivity index (χ2n) is 8.29. The zero-order valence-corrected chi connectivity index (χ0v) is 20.7. The van der Waals surface area contributed by atoms with E-state index in [-0.39, 0.29) is 5.91 Å². The van der Waals surface area contributed by atoms with E-state index >= 15 is 0 Å². The van der Waals surface area contributed by atoms with Gasteiger partial charge in [0.1, 0.15) is 5.75 Å². The van der Waals surface area contributed by atoms with E-state index in [9.17, 15) is 15.3 Å². The number of fused-ring (bicyclic) bond motifs is 1. The van der Waals surface area contributed by atoms with Crippen LogP contribution in [-0.2, 0) is 0 Å². The smallest absolute Gasteiger partial charge is 0.245 e. The quantitative estimate of drug-likeness (QED) is 0.470. The van der Waals surface area contributed by atoms with Gasteiger partial charge in [-0.15, -0.1) is 0 Å². The number of aromatic nitrogens is 1. The lowest BCUT2D eigenvalue weighted by Gasteiger charge is -2.31. The molecule has 4 rings (SSSR count). The van der Waals surface area contributed by atoms with Crippen LogP contribution in [0.1, 0.15) is 21.5 Å². The van der Waals surface area contributed by atoms with E-state index in [1.807, 2.05) is 18.2 Å². The summed E-state index contributed by atoms with van der Waals surface area (Å²) in [6, 6.07) is 15.1. The van der Waals surface area contributed by atoms with Crippen molar-refractivity contribution in [2.24, 2.45) is 0 Å². The minimum atomic E-state index is -0.0375. The van der Waals surface area contributed by atoms with Gasteiger partial charge in [0.15, 0.2) is 0 Å². The lowest BCUT2D eigenvalue weighted by molar-refractivity contribution is 0.0801. The number of carbonyl (C=O) groups is 1. The van der Waals surface area contributed by atoms with Gasteiger partial charge in [-0.1, -0.05) is 15.9 Å². The van der Waals surface area contributed by atoms with E-state index in [1.54, 1.807) is 42.1 Å². The third-order valence-electron chi connectivity index (χ3n) is 6.06. The molecule has 0 bridgehead atoms. The third-order valence-corrected chi connectivity index (χ3v) is 6.55. The average molecular weight is 518 g/mol. The molecule has 0 radical (unpaired) electrons. The molecule has 1 fully saturated rings. The van der Waals surface area contributed by atoms with E-state index < -0.39 is 0 Å². The zero-order chi connectivity index (χ0) is 24.2. The van der Waals surface area contributed by atoms with Gasteiger partial charge in [0, 0.05) is 53.4 Å². The van der Waals surface area contributed by atoms with Gasteiger partial charge in [-0.05, 0) is 49.5 Å². The normalized spacial score (nSPS) is 15.1. The lowest BCUT2D eigenvalue weighted by Crippen LogP contribution is -2.46. The molecule has 1 aromatic heterocycles. The number of benzene rings is 2. The fourth-order valence-corrected chi connectivity index (χ4v) is 4.50. The van der Waals surface area contributed by atoms with Crippen LogP contribution in [0.5, 0.6) is 5.75 Å².